The molecule has 0 unspecified atom stereocenters. The normalized spacial score (nSPS) is 13.8. The van der Waals surface area contributed by atoms with Gasteiger partial charge in [-0.25, -0.2) is 0 Å². The molecular weight excluding hydrogens is 306 g/mol. The van der Waals surface area contributed by atoms with E-state index in [0.717, 1.165) is 11.9 Å². The summed E-state index contributed by atoms with van der Waals surface area (Å²) in [5.41, 5.74) is 3.54. The van der Waals surface area contributed by atoms with Crippen LogP contribution in [0.25, 0.3) is 10.9 Å². The average molecular weight is 329 g/mol. The fourth-order valence-electron chi connectivity index (χ4n) is 3.14. The molecule has 1 aromatic carbocycles. The number of benzene rings is 1. The monoisotopic (exact) mass is 329 g/mol. The van der Waals surface area contributed by atoms with Gasteiger partial charge >= 0.3 is 0 Å². The average Bonchev–Trinajstić information content (AvgIpc) is 2.97. The lowest BCUT2D eigenvalue weighted by atomic mass is 10.0. The third-order valence-corrected chi connectivity index (χ3v) is 4.43. The summed E-state index contributed by atoms with van der Waals surface area (Å²) < 4.78 is 4.88. The Bertz CT molecular complexity index is 738. The minimum atomic E-state index is -0.106. The van der Waals surface area contributed by atoms with Crippen molar-refractivity contribution in [3.8, 4) is 0 Å². The summed E-state index contributed by atoms with van der Waals surface area (Å²) in [5, 5.41) is 3.92. The standard InChI is InChI=1S/C18H23N3O3/c1-24-11-9-19-17(22)6-7-18(23)21-10-8-16-14(12-21)13-4-2-3-5-15(13)20-16/h2-5,20H,6-12H2,1H3,(H,19,22). The van der Waals surface area contributed by atoms with Crippen molar-refractivity contribution in [2.24, 2.45) is 0 Å². The predicted molar refractivity (Wildman–Crippen MR) is 91.5 cm³/mol. The van der Waals surface area contributed by atoms with Crippen LogP contribution in [0.4, 0.5) is 0 Å². The van der Waals surface area contributed by atoms with Crippen molar-refractivity contribution in [1.82, 2.24) is 15.2 Å². The fraction of sp³-hybridized carbons (Fsp3) is 0.444. The number of aromatic nitrogens is 1. The Hall–Kier alpha value is -2.34. The number of aromatic amines is 1. The summed E-state index contributed by atoms with van der Waals surface area (Å²) in [7, 11) is 1.59. The maximum atomic E-state index is 12.4. The van der Waals surface area contributed by atoms with Crippen molar-refractivity contribution in [2.45, 2.75) is 25.8 Å². The van der Waals surface area contributed by atoms with Gasteiger partial charge in [-0.15, -0.1) is 0 Å². The molecule has 2 aromatic rings. The first-order chi connectivity index (χ1) is 11.7. The Labute approximate surface area is 141 Å². The van der Waals surface area contributed by atoms with Crippen LogP contribution in [0, 0.1) is 0 Å². The van der Waals surface area contributed by atoms with Crippen molar-refractivity contribution in [3.05, 3.63) is 35.5 Å². The summed E-state index contributed by atoms with van der Waals surface area (Å²) in [6, 6.07) is 8.17. The number of nitrogens with zero attached hydrogens (tertiary/aromatic N) is 1. The number of H-pyrrole nitrogens is 1. The smallest absolute Gasteiger partial charge is 0.223 e. The van der Waals surface area contributed by atoms with E-state index < -0.39 is 0 Å². The zero-order valence-corrected chi connectivity index (χ0v) is 13.9. The maximum absolute atomic E-state index is 12.4. The second kappa shape index (κ2) is 7.49. The van der Waals surface area contributed by atoms with Gasteiger partial charge in [-0.3, -0.25) is 9.59 Å². The molecule has 0 atom stereocenters. The lowest BCUT2D eigenvalue weighted by molar-refractivity contribution is -0.134. The maximum Gasteiger partial charge on any atom is 0.223 e. The lowest BCUT2D eigenvalue weighted by Crippen LogP contribution is -2.36. The molecule has 0 spiro atoms. The van der Waals surface area contributed by atoms with Gasteiger partial charge in [0.25, 0.3) is 0 Å². The first kappa shape index (κ1) is 16.5. The van der Waals surface area contributed by atoms with Crippen LogP contribution in [0.5, 0.6) is 0 Å². The molecule has 1 aromatic heterocycles. The van der Waals surface area contributed by atoms with Crippen LogP contribution in [0.15, 0.2) is 24.3 Å². The number of fused-ring (bicyclic) bond motifs is 3. The highest BCUT2D eigenvalue weighted by Crippen LogP contribution is 2.27. The second-order valence-electron chi connectivity index (χ2n) is 6.04. The van der Waals surface area contributed by atoms with Gasteiger partial charge < -0.3 is 19.9 Å². The van der Waals surface area contributed by atoms with Crippen LogP contribution in [0.3, 0.4) is 0 Å². The molecule has 2 amide bonds. The van der Waals surface area contributed by atoms with E-state index in [-0.39, 0.29) is 24.7 Å². The number of ether oxygens (including phenoxy) is 1. The topological polar surface area (TPSA) is 74.4 Å². The molecule has 24 heavy (non-hydrogen) atoms. The number of carbonyl (C=O) groups is 2. The predicted octanol–water partition coefficient (Wildman–Crippen LogP) is 1.60. The number of carbonyl (C=O) groups excluding carboxylic acids is 2. The third kappa shape index (κ3) is 3.59. The molecule has 0 fully saturated rings. The number of amides is 2. The van der Waals surface area contributed by atoms with Crippen LogP contribution in [-0.2, 0) is 27.3 Å². The molecule has 0 saturated carbocycles. The Morgan fingerprint density at radius 2 is 2.12 bits per heavy atom. The van der Waals surface area contributed by atoms with Crippen LogP contribution >= 0.6 is 0 Å². The quantitative estimate of drug-likeness (QED) is 0.791. The van der Waals surface area contributed by atoms with Crippen molar-refractivity contribution in [3.63, 3.8) is 0 Å². The van der Waals surface area contributed by atoms with E-state index in [4.69, 9.17) is 4.74 Å². The van der Waals surface area contributed by atoms with Gasteiger partial charge in [0.2, 0.25) is 11.8 Å². The summed E-state index contributed by atoms with van der Waals surface area (Å²) in [5.74, 6) is -0.0713. The van der Waals surface area contributed by atoms with E-state index in [9.17, 15) is 9.59 Å². The summed E-state index contributed by atoms with van der Waals surface area (Å²) in [6.07, 6.45) is 1.30. The van der Waals surface area contributed by atoms with E-state index in [1.54, 1.807) is 7.11 Å². The largest absolute Gasteiger partial charge is 0.383 e. The summed E-state index contributed by atoms with van der Waals surface area (Å²) >= 11 is 0. The van der Waals surface area contributed by atoms with Gasteiger partial charge in [0.05, 0.1) is 6.61 Å². The summed E-state index contributed by atoms with van der Waals surface area (Å²) in [4.78, 5) is 29.4. The highest BCUT2D eigenvalue weighted by atomic mass is 16.5. The third-order valence-electron chi connectivity index (χ3n) is 4.43. The Morgan fingerprint density at radius 3 is 2.96 bits per heavy atom. The van der Waals surface area contributed by atoms with Crippen molar-refractivity contribution in [1.29, 1.82) is 0 Å². The van der Waals surface area contributed by atoms with E-state index in [1.807, 2.05) is 17.0 Å². The molecule has 1 aliphatic heterocycles. The first-order valence-corrected chi connectivity index (χ1v) is 8.31. The molecule has 0 saturated heterocycles. The Kier molecular flexibility index (Phi) is 5.15. The fourth-order valence-corrected chi connectivity index (χ4v) is 3.14. The number of para-hydroxylation sites is 1. The zero-order chi connectivity index (χ0) is 16.9. The molecule has 2 N–H and O–H groups in total. The molecular formula is C18H23N3O3. The minimum Gasteiger partial charge on any atom is -0.383 e. The number of hydrogen-bond acceptors (Lipinski definition) is 3. The van der Waals surface area contributed by atoms with Gasteiger partial charge in [0.15, 0.2) is 0 Å². The molecule has 0 aliphatic carbocycles. The molecule has 6 heteroatoms. The molecule has 6 nitrogen and oxygen atoms in total. The minimum absolute atomic E-state index is 0.0350. The number of nitrogens with one attached hydrogen (secondary N) is 2. The number of rotatable bonds is 6. The van der Waals surface area contributed by atoms with Gasteiger partial charge in [-0.2, -0.15) is 0 Å². The van der Waals surface area contributed by atoms with Crippen molar-refractivity contribution >= 4 is 22.7 Å². The second-order valence-corrected chi connectivity index (χ2v) is 6.04. The van der Waals surface area contributed by atoms with Crippen LogP contribution in [0.2, 0.25) is 0 Å². The van der Waals surface area contributed by atoms with Gasteiger partial charge in [-0.05, 0) is 6.07 Å². The zero-order valence-electron chi connectivity index (χ0n) is 13.9. The van der Waals surface area contributed by atoms with Crippen molar-refractivity contribution < 1.29 is 14.3 Å². The van der Waals surface area contributed by atoms with Crippen LogP contribution in [-0.4, -0.2) is 48.5 Å². The summed E-state index contributed by atoms with van der Waals surface area (Å²) in [6.45, 7) is 2.27. The Morgan fingerprint density at radius 1 is 1.29 bits per heavy atom. The number of hydrogen-bond donors (Lipinski definition) is 2. The molecule has 0 radical (unpaired) electrons. The van der Waals surface area contributed by atoms with E-state index in [0.29, 0.717) is 26.2 Å². The molecule has 2 heterocycles. The van der Waals surface area contributed by atoms with Crippen molar-refractivity contribution in [2.75, 3.05) is 26.8 Å². The molecule has 0 bridgehead atoms. The van der Waals surface area contributed by atoms with Crippen LogP contribution < -0.4 is 5.32 Å². The lowest BCUT2D eigenvalue weighted by Gasteiger charge is -2.27. The highest BCUT2D eigenvalue weighted by molar-refractivity contribution is 5.87. The highest BCUT2D eigenvalue weighted by Gasteiger charge is 2.24. The molecule has 3 rings (SSSR count). The van der Waals surface area contributed by atoms with Gasteiger partial charge in [0.1, 0.15) is 0 Å². The first-order valence-electron chi connectivity index (χ1n) is 8.31. The van der Waals surface area contributed by atoms with Crippen LogP contribution in [0.1, 0.15) is 24.1 Å². The number of methoxy groups -OCH3 is 1. The van der Waals surface area contributed by atoms with E-state index >= 15 is 0 Å². The van der Waals surface area contributed by atoms with E-state index in [1.165, 1.54) is 16.6 Å². The van der Waals surface area contributed by atoms with Gasteiger partial charge in [0, 0.05) is 68.2 Å². The Balaban J connectivity index is 1.57. The van der Waals surface area contributed by atoms with Gasteiger partial charge in [-0.1, -0.05) is 18.2 Å². The molecule has 128 valence electrons. The molecule has 1 aliphatic rings. The van der Waals surface area contributed by atoms with E-state index in [2.05, 4.69) is 22.4 Å². The SMILES string of the molecule is COCCNC(=O)CCC(=O)N1CCc2[nH]c3ccccc3c2C1.